The monoisotopic (exact) mass is 235 g/mol. The van der Waals surface area contributed by atoms with Gasteiger partial charge in [-0.3, -0.25) is 4.90 Å². The average Bonchev–Trinajstić information content (AvgIpc) is 2.74. The summed E-state index contributed by atoms with van der Waals surface area (Å²) in [6.45, 7) is 11.3. The molecule has 17 heavy (non-hydrogen) atoms. The van der Waals surface area contributed by atoms with Crippen molar-refractivity contribution in [3.63, 3.8) is 0 Å². The van der Waals surface area contributed by atoms with Crippen molar-refractivity contribution >= 4 is 0 Å². The third-order valence-corrected chi connectivity index (χ3v) is 4.21. The highest BCUT2D eigenvalue weighted by atomic mass is 16.4. The van der Waals surface area contributed by atoms with Crippen LogP contribution >= 0.6 is 0 Å². The molecule has 1 aromatic rings. The van der Waals surface area contributed by atoms with Crippen molar-refractivity contribution in [1.29, 1.82) is 0 Å². The molecule has 0 unspecified atom stereocenters. The summed E-state index contributed by atoms with van der Waals surface area (Å²) in [5.74, 6) is 3.70. The first-order valence-electron chi connectivity index (χ1n) is 6.58. The van der Waals surface area contributed by atoms with Gasteiger partial charge in [0.05, 0.1) is 0 Å². The lowest BCUT2D eigenvalue weighted by molar-refractivity contribution is 0.150. The number of likely N-dealkylation sites (tertiary alicyclic amines) is 1. The number of hydrogen-bond donors (Lipinski definition) is 0. The maximum Gasteiger partial charge on any atom is 0.220 e. The number of hydrogen-bond acceptors (Lipinski definition) is 4. The van der Waals surface area contributed by atoms with Crippen LogP contribution in [0.5, 0.6) is 0 Å². The highest BCUT2D eigenvalue weighted by Gasteiger charge is 2.60. The fourth-order valence-corrected chi connectivity index (χ4v) is 2.98. The van der Waals surface area contributed by atoms with Gasteiger partial charge in [0.2, 0.25) is 11.8 Å². The highest BCUT2D eigenvalue weighted by molar-refractivity contribution is 5.18. The van der Waals surface area contributed by atoms with E-state index in [9.17, 15) is 0 Å². The first-order valence-corrected chi connectivity index (χ1v) is 6.58. The Balaban J connectivity index is 1.66. The molecule has 0 aromatic carbocycles. The summed E-state index contributed by atoms with van der Waals surface area (Å²) < 4.78 is 5.67. The quantitative estimate of drug-likeness (QED) is 0.787. The second-order valence-electron chi connectivity index (χ2n) is 6.32. The molecule has 1 aliphatic carbocycles. The van der Waals surface area contributed by atoms with Crippen molar-refractivity contribution in [2.75, 3.05) is 13.1 Å². The van der Waals surface area contributed by atoms with Crippen molar-refractivity contribution in [3.05, 3.63) is 11.8 Å². The maximum atomic E-state index is 5.67. The Kier molecular flexibility index (Phi) is 2.34. The molecule has 1 saturated carbocycles. The van der Waals surface area contributed by atoms with Crippen LogP contribution in [0.1, 0.15) is 45.4 Å². The Labute approximate surface area is 102 Å². The number of nitrogens with zero attached hydrogens (tertiary/aromatic N) is 3. The summed E-state index contributed by atoms with van der Waals surface area (Å²) in [7, 11) is 0. The van der Waals surface area contributed by atoms with Gasteiger partial charge in [0.15, 0.2) is 0 Å². The summed E-state index contributed by atoms with van der Waals surface area (Å²) in [4.78, 5) is 2.57. The van der Waals surface area contributed by atoms with Gasteiger partial charge in [-0.25, -0.2) is 0 Å². The van der Waals surface area contributed by atoms with E-state index < -0.39 is 0 Å². The smallest absolute Gasteiger partial charge is 0.220 e. The van der Waals surface area contributed by atoms with Crippen LogP contribution in [-0.2, 0) is 6.42 Å². The second-order valence-corrected chi connectivity index (χ2v) is 6.32. The van der Waals surface area contributed by atoms with Crippen molar-refractivity contribution in [3.8, 4) is 0 Å². The molecule has 0 N–H and O–H groups in total. The Bertz CT molecular complexity index is 409. The molecule has 2 heterocycles. The maximum absolute atomic E-state index is 5.67. The largest absolute Gasteiger partial charge is 0.425 e. The summed E-state index contributed by atoms with van der Waals surface area (Å²) in [5.41, 5.74) is 0.293. The van der Waals surface area contributed by atoms with Gasteiger partial charge in [-0.05, 0) is 32.6 Å². The molecule has 3 atom stereocenters. The van der Waals surface area contributed by atoms with Crippen LogP contribution in [0.15, 0.2) is 4.42 Å². The van der Waals surface area contributed by atoms with E-state index in [1.807, 2.05) is 6.92 Å². The minimum atomic E-state index is 0.293. The molecular formula is C13H21N3O. The highest BCUT2D eigenvalue weighted by Crippen LogP contribution is 2.58. The van der Waals surface area contributed by atoms with Crippen LogP contribution in [0.2, 0.25) is 0 Å². The van der Waals surface area contributed by atoms with Crippen molar-refractivity contribution < 1.29 is 4.42 Å². The standard InChI is InChI=1S/C13H21N3O/c1-5-10-14-15-12(17-10)11-8-6-16(7-9(8)11)13(2,3)4/h8-9,11H,5-7H2,1-4H3/t8-,9+,11+. The summed E-state index contributed by atoms with van der Waals surface area (Å²) in [5, 5.41) is 8.24. The van der Waals surface area contributed by atoms with Crippen LogP contribution in [0.4, 0.5) is 0 Å². The van der Waals surface area contributed by atoms with E-state index in [1.165, 1.54) is 13.1 Å². The first kappa shape index (κ1) is 11.2. The Morgan fingerprint density at radius 2 is 1.88 bits per heavy atom. The number of aromatic nitrogens is 2. The predicted molar refractivity (Wildman–Crippen MR) is 64.7 cm³/mol. The first-order chi connectivity index (χ1) is 8.00. The van der Waals surface area contributed by atoms with E-state index in [0.29, 0.717) is 11.5 Å². The molecule has 4 heteroatoms. The summed E-state index contributed by atoms with van der Waals surface area (Å²) >= 11 is 0. The Morgan fingerprint density at radius 1 is 1.24 bits per heavy atom. The fraction of sp³-hybridized carbons (Fsp3) is 0.846. The third-order valence-electron chi connectivity index (χ3n) is 4.21. The number of aryl methyl sites for hydroxylation is 1. The van der Waals surface area contributed by atoms with Gasteiger partial charge >= 0.3 is 0 Å². The zero-order valence-electron chi connectivity index (χ0n) is 11.1. The van der Waals surface area contributed by atoms with E-state index in [1.54, 1.807) is 0 Å². The number of piperidine rings is 1. The van der Waals surface area contributed by atoms with Gasteiger partial charge < -0.3 is 4.42 Å². The van der Waals surface area contributed by atoms with Crippen LogP contribution < -0.4 is 0 Å². The number of fused-ring (bicyclic) bond motifs is 1. The van der Waals surface area contributed by atoms with E-state index in [2.05, 4.69) is 35.9 Å². The topological polar surface area (TPSA) is 42.2 Å². The van der Waals surface area contributed by atoms with E-state index in [0.717, 1.165) is 30.0 Å². The van der Waals surface area contributed by atoms with Gasteiger partial charge in [0, 0.05) is 31.0 Å². The van der Waals surface area contributed by atoms with Gasteiger partial charge in [0.1, 0.15) is 0 Å². The summed E-state index contributed by atoms with van der Waals surface area (Å²) in [6.07, 6.45) is 0.836. The van der Waals surface area contributed by atoms with Gasteiger partial charge in [0.25, 0.3) is 0 Å². The summed E-state index contributed by atoms with van der Waals surface area (Å²) in [6, 6.07) is 0. The van der Waals surface area contributed by atoms with Gasteiger partial charge in [-0.2, -0.15) is 0 Å². The molecule has 1 saturated heterocycles. The van der Waals surface area contributed by atoms with Crippen LogP contribution in [0.3, 0.4) is 0 Å². The molecule has 94 valence electrons. The predicted octanol–water partition coefficient (Wildman–Crippen LogP) is 2.08. The second kappa shape index (κ2) is 3.55. The molecule has 0 spiro atoms. The minimum Gasteiger partial charge on any atom is -0.425 e. The van der Waals surface area contributed by atoms with Crippen molar-refractivity contribution in [1.82, 2.24) is 15.1 Å². The molecule has 3 rings (SSSR count). The van der Waals surface area contributed by atoms with Crippen LogP contribution in [0, 0.1) is 11.8 Å². The fourth-order valence-electron chi connectivity index (χ4n) is 2.98. The van der Waals surface area contributed by atoms with E-state index >= 15 is 0 Å². The molecular weight excluding hydrogens is 214 g/mol. The lowest BCUT2D eigenvalue weighted by Gasteiger charge is -2.33. The molecule has 4 nitrogen and oxygen atoms in total. The van der Waals surface area contributed by atoms with Gasteiger partial charge in [-0.1, -0.05) is 6.92 Å². The average molecular weight is 235 g/mol. The van der Waals surface area contributed by atoms with Crippen LogP contribution in [-0.4, -0.2) is 33.7 Å². The molecule has 0 radical (unpaired) electrons. The van der Waals surface area contributed by atoms with Crippen molar-refractivity contribution in [2.24, 2.45) is 11.8 Å². The molecule has 2 fully saturated rings. The minimum absolute atomic E-state index is 0.293. The van der Waals surface area contributed by atoms with E-state index in [-0.39, 0.29) is 0 Å². The van der Waals surface area contributed by atoms with Crippen LogP contribution in [0.25, 0.3) is 0 Å². The lowest BCUT2D eigenvalue weighted by atomic mass is 10.1. The normalized spacial score (nSPS) is 32.8. The zero-order valence-corrected chi connectivity index (χ0v) is 11.1. The molecule has 1 aromatic heterocycles. The SMILES string of the molecule is CCc1nnc([C@H]2[C@@H]3CN(C(C)(C)C)C[C@@H]32)o1. The number of rotatable bonds is 2. The zero-order chi connectivity index (χ0) is 12.2. The molecule has 0 amide bonds. The van der Waals surface area contributed by atoms with Gasteiger partial charge in [-0.15, -0.1) is 10.2 Å². The van der Waals surface area contributed by atoms with Crippen molar-refractivity contribution in [2.45, 2.75) is 45.6 Å². The third kappa shape index (κ3) is 1.79. The lowest BCUT2D eigenvalue weighted by Crippen LogP contribution is -2.41. The Morgan fingerprint density at radius 3 is 2.35 bits per heavy atom. The van der Waals surface area contributed by atoms with E-state index in [4.69, 9.17) is 4.42 Å². The molecule has 0 bridgehead atoms. The molecule has 1 aliphatic heterocycles. The Hall–Kier alpha value is -0.900. The molecule has 2 aliphatic rings.